The SMILES string of the molecule is CC(C)(C)OC(=O)N1CCCC[C@@H]1C[S@](=O)c1ccnc(Cl)n1. The Balaban J connectivity index is 2.06. The molecule has 6 nitrogen and oxygen atoms in total. The van der Waals surface area contributed by atoms with Gasteiger partial charge in [0.15, 0.2) is 0 Å². The summed E-state index contributed by atoms with van der Waals surface area (Å²) >= 11 is 5.74. The molecule has 1 amide bonds. The maximum absolute atomic E-state index is 12.5. The van der Waals surface area contributed by atoms with E-state index in [-0.39, 0.29) is 17.4 Å². The third-order valence-electron chi connectivity index (χ3n) is 3.43. The summed E-state index contributed by atoms with van der Waals surface area (Å²) in [4.78, 5) is 21.8. The Bertz CT molecular complexity index is 592. The van der Waals surface area contributed by atoms with E-state index in [9.17, 15) is 9.00 Å². The number of likely N-dealkylation sites (tertiary alicyclic amines) is 1. The standard InChI is InChI=1S/C15H22ClN3O3S/c1-15(2,3)22-14(20)19-9-5-4-6-11(19)10-23(21)12-7-8-17-13(16)18-12/h7-8,11H,4-6,9-10H2,1-3H3/t11-,23+/m1/s1. The molecule has 8 heteroatoms. The van der Waals surface area contributed by atoms with Crippen molar-refractivity contribution in [3.63, 3.8) is 0 Å². The predicted octanol–water partition coefficient (Wildman–Crippen LogP) is 3.03. The molecule has 1 saturated heterocycles. The molecule has 0 bridgehead atoms. The van der Waals surface area contributed by atoms with Crippen LogP contribution < -0.4 is 0 Å². The Hall–Kier alpha value is -1.21. The van der Waals surface area contributed by atoms with E-state index in [1.165, 1.54) is 6.20 Å². The molecule has 1 aliphatic heterocycles. The van der Waals surface area contributed by atoms with Crippen LogP contribution in [0.25, 0.3) is 0 Å². The molecule has 2 rings (SSSR count). The second-order valence-electron chi connectivity index (χ2n) is 6.50. The Morgan fingerprint density at radius 2 is 2.22 bits per heavy atom. The number of carbonyl (C=O) groups is 1. The van der Waals surface area contributed by atoms with E-state index in [1.807, 2.05) is 20.8 Å². The van der Waals surface area contributed by atoms with Gasteiger partial charge in [-0.3, -0.25) is 4.21 Å². The molecule has 1 fully saturated rings. The van der Waals surface area contributed by atoms with Crippen LogP contribution in [0.15, 0.2) is 17.3 Å². The van der Waals surface area contributed by atoms with Crippen molar-refractivity contribution >= 4 is 28.5 Å². The molecule has 0 spiro atoms. The van der Waals surface area contributed by atoms with Gasteiger partial charge in [-0.25, -0.2) is 14.8 Å². The number of ether oxygens (including phenoxy) is 1. The first-order chi connectivity index (χ1) is 10.8. The first kappa shape index (κ1) is 18.1. The molecular weight excluding hydrogens is 338 g/mol. The van der Waals surface area contributed by atoms with Gasteiger partial charge in [0.1, 0.15) is 10.6 Å². The van der Waals surface area contributed by atoms with Gasteiger partial charge in [-0.2, -0.15) is 0 Å². The van der Waals surface area contributed by atoms with Crippen LogP contribution in [0, 0.1) is 0 Å². The molecule has 2 atom stereocenters. The van der Waals surface area contributed by atoms with Crippen LogP contribution in [0.4, 0.5) is 4.79 Å². The first-order valence-corrected chi connectivity index (χ1v) is 9.32. The molecule has 128 valence electrons. The van der Waals surface area contributed by atoms with Crippen molar-refractivity contribution in [2.24, 2.45) is 0 Å². The molecule has 0 aromatic carbocycles. The van der Waals surface area contributed by atoms with Crippen molar-refractivity contribution in [1.82, 2.24) is 14.9 Å². The quantitative estimate of drug-likeness (QED) is 0.612. The third kappa shape index (κ3) is 5.42. The molecule has 1 aromatic rings. The molecule has 1 aliphatic rings. The number of nitrogens with zero attached hydrogens (tertiary/aromatic N) is 3. The molecule has 1 aromatic heterocycles. The monoisotopic (exact) mass is 359 g/mol. The van der Waals surface area contributed by atoms with Gasteiger partial charge in [-0.15, -0.1) is 0 Å². The maximum Gasteiger partial charge on any atom is 0.410 e. The lowest BCUT2D eigenvalue weighted by Gasteiger charge is -2.36. The fourth-order valence-corrected chi connectivity index (χ4v) is 3.91. The normalized spacial score (nSPS) is 20.2. The molecule has 0 aliphatic carbocycles. The first-order valence-electron chi connectivity index (χ1n) is 7.63. The minimum Gasteiger partial charge on any atom is -0.444 e. The van der Waals surface area contributed by atoms with Crippen LogP contribution in [-0.4, -0.2) is 49.1 Å². The van der Waals surface area contributed by atoms with Crippen LogP contribution in [0.2, 0.25) is 5.28 Å². The zero-order chi connectivity index (χ0) is 17.0. The van der Waals surface area contributed by atoms with Crippen LogP contribution >= 0.6 is 11.6 Å². The fourth-order valence-electron chi connectivity index (χ4n) is 2.44. The van der Waals surface area contributed by atoms with Gasteiger partial charge in [0.25, 0.3) is 0 Å². The lowest BCUT2D eigenvalue weighted by atomic mass is 10.0. The number of piperidine rings is 1. The van der Waals surface area contributed by atoms with Crippen molar-refractivity contribution in [2.45, 2.75) is 56.7 Å². The average Bonchev–Trinajstić information content (AvgIpc) is 2.46. The van der Waals surface area contributed by atoms with Crippen LogP contribution in [0.3, 0.4) is 0 Å². The summed E-state index contributed by atoms with van der Waals surface area (Å²) in [7, 11) is -1.34. The average molecular weight is 360 g/mol. The summed E-state index contributed by atoms with van der Waals surface area (Å²) in [6.45, 7) is 6.14. The van der Waals surface area contributed by atoms with E-state index in [2.05, 4.69) is 9.97 Å². The van der Waals surface area contributed by atoms with E-state index >= 15 is 0 Å². The summed E-state index contributed by atoms with van der Waals surface area (Å²) in [6.07, 6.45) is 3.88. The van der Waals surface area contributed by atoms with Crippen molar-refractivity contribution in [1.29, 1.82) is 0 Å². The van der Waals surface area contributed by atoms with Crippen molar-refractivity contribution < 1.29 is 13.7 Å². The fraction of sp³-hybridized carbons (Fsp3) is 0.667. The number of hydrogen-bond acceptors (Lipinski definition) is 5. The van der Waals surface area contributed by atoms with Crippen molar-refractivity contribution in [3.8, 4) is 0 Å². The highest BCUT2D eigenvalue weighted by Gasteiger charge is 2.31. The zero-order valence-corrected chi connectivity index (χ0v) is 15.2. The third-order valence-corrected chi connectivity index (χ3v) is 5.00. The molecule has 2 heterocycles. The molecule has 23 heavy (non-hydrogen) atoms. The molecule has 0 unspecified atom stereocenters. The van der Waals surface area contributed by atoms with Gasteiger partial charge in [-0.1, -0.05) is 0 Å². The van der Waals surface area contributed by atoms with E-state index in [0.29, 0.717) is 17.3 Å². The summed E-state index contributed by atoms with van der Waals surface area (Å²) in [5.74, 6) is 0.326. The second-order valence-corrected chi connectivity index (χ2v) is 8.28. The highest BCUT2D eigenvalue weighted by Crippen LogP contribution is 2.22. The molecule has 0 radical (unpaired) electrons. The smallest absolute Gasteiger partial charge is 0.410 e. The van der Waals surface area contributed by atoms with Gasteiger partial charge >= 0.3 is 6.09 Å². The largest absolute Gasteiger partial charge is 0.444 e. The van der Waals surface area contributed by atoms with E-state index in [0.717, 1.165) is 19.3 Å². The van der Waals surface area contributed by atoms with E-state index in [1.54, 1.807) is 11.0 Å². The van der Waals surface area contributed by atoms with Gasteiger partial charge < -0.3 is 9.64 Å². The van der Waals surface area contributed by atoms with Crippen LogP contribution in [0.5, 0.6) is 0 Å². The van der Waals surface area contributed by atoms with Gasteiger partial charge in [0.05, 0.1) is 16.6 Å². The lowest BCUT2D eigenvalue weighted by Crippen LogP contribution is -2.48. The number of rotatable bonds is 3. The van der Waals surface area contributed by atoms with E-state index in [4.69, 9.17) is 16.3 Å². The number of amides is 1. The number of hydrogen-bond donors (Lipinski definition) is 0. The zero-order valence-electron chi connectivity index (χ0n) is 13.6. The minimum absolute atomic E-state index is 0.0727. The number of aromatic nitrogens is 2. The summed E-state index contributed by atoms with van der Waals surface area (Å²) in [5, 5.41) is 0.461. The highest BCUT2D eigenvalue weighted by molar-refractivity contribution is 7.85. The molecular formula is C15H22ClN3O3S. The van der Waals surface area contributed by atoms with Crippen molar-refractivity contribution in [2.75, 3.05) is 12.3 Å². The van der Waals surface area contributed by atoms with Gasteiger partial charge in [0.2, 0.25) is 5.28 Å². The Labute approximate surface area is 144 Å². The van der Waals surface area contributed by atoms with Crippen LogP contribution in [0.1, 0.15) is 40.0 Å². The number of halogens is 1. The Kier molecular flexibility index (Phi) is 5.97. The summed E-state index contributed by atoms with van der Waals surface area (Å²) in [6, 6.07) is 1.47. The Morgan fingerprint density at radius 1 is 1.48 bits per heavy atom. The molecule has 0 N–H and O–H groups in total. The lowest BCUT2D eigenvalue weighted by molar-refractivity contribution is 0.0125. The molecule has 0 saturated carbocycles. The topological polar surface area (TPSA) is 72.4 Å². The maximum atomic E-state index is 12.5. The second kappa shape index (κ2) is 7.57. The van der Waals surface area contributed by atoms with Gasteiger partial charge in [-0.05, 0) is 57.7 Å². The van der Waals surface area contributed by atoms with Gasteiger partial charge in [0, 0.05) is 18.8 Å². The Morgan fingerprint density at radius 3 is 2.87 bits per heavy atom. The summed E-state index contributed by atoms with van der Waals surface area (Å²) < 4.78 is 18.0. The predicted molar refractivity (Wildman–Crippen MR) is 88.9 cm³/mol. The number of carbonyl (C=O) groups excluding carboxylic acids is 1. The van der Waals surface area contributed by atoms with Crippen molar-refractivity contribution in [3.05, 3.63) is 17.5 Å². The summed E-state index contributed by atoms with van der Waals surface area (Å²) in [5.41, 5.74) is -0.543. The van der Waals surface area contributed by atoms with E-state index < -0.39 is 16.4 Å². The minimum atomic E-state index is -1.34. The highest BCUT2D eigenvalue weighted by atomic mass is 35.5. The van der Waals surface area contributed by atoms with Crippen LogP contribution in [-0.2, 0) is 15.5 Å².